The van der Waals surface area contributed by atoms with Crippen LogP contribution in [0.1, 0.15) is 43.1 Å². The monoisotopic (exact) mass is 406 g/mol. The third-order valence-corrected chi connectivity index (χ3v) is 5.72. The Morgan fingerprint density at radius 2 is 2.05 bits per heavy atom. The molecule has 0 saturated heterocycles. The Labute approximate surface area is 136 Å². The zero-order valence-electron chi connectivity index (χ0n) is 11.7. The summed E-state index contributed by atoms with van der Waals surface area (Å²) in [6, 6.07) is 2.61. The molecule has 1 atom stereocenters. The van der Waals surface area contributed by atoms with Gasteiger partial charge in [0.25, 0.3) is 0 Å². The number of thiophene rings is 1. The molecule has 0 aromatic carbocycles. The Kier molecular flexibility index (Phi) is 5.03. The second kappa shape index (κ2) is 6.20. The molecule has 104 valence electrons. The first kappa shape index (κ1) is 15.4. The second-order valence-corrected chi connectivity index (χ2v) is 9.35. The van der Waals surface area contributed by atoms with Crippen molar-refractivity contribution < 1.29 is 0 Å². The molecule has 2 nitrogen and oxygen atoms in total. The van der Waals surface area contributed by atoms with Gasteiger partial charge in [0.1, 0.15) is 0 Å². The lowest BCUT2D eigenvalue weighted by molar-refractivity contribution is 0.560. The fourth-order valence-corrected chi connectivity index (χ4v) is 4.31. The van der Waals surface area contributed by atoms with Crippen molar-refractivity contribution in [1.82, 2.24) is 10.3 Å². The summed E-state index contributed by atoms with van der Waals surface area (Å²) < 4.78 is 1.34. The van der Waals surface area contributed by atoms with Crippen LogP contribution in [0.5, 0.6) is 0 Å². The summed E-state index contributed by atoms with van der Waals surface area (Å²) in [7, 11) is 2.02. The normalized spacial score (nSPS) is 13.7. The van der Waals surface area contributed by atoms with Gasteiger partial charge < -0.3 is 5.32 Å². The van der Waals surface area contributed by atoms with Crippen LogP contribution in [0, 0.1) is 2.88 Å². The van der Waals surface area contributed by atoms with E-state index in [-0.39, 0.29) is 5.41 Å². The number of likely N-dealkylation sites (N-methyl/N-ethyl adjacent to an activating group) is 1. The van der Waals surface area contributed by atoms with Gasteiger partial charge in [0.05, 0.1) is 13.6 Å². The molecule has 2 heterocycles. The molecule has 0 aliphatic heterocycles. The topological polar surface area (TPSA) is 24.9 Å². The molecule has 0 aliphatic carbocycles. The van der Waals surface area contributed by atoms with Gasteiger partial charge in [-0.05, 0) is 46.6 Å². The predicted octanol–water partition coefficient (Wildman–Crippen LogP) is 4.61. The van der Waals surface area contributed by atoms with Crippen LogP contribution in [-0.4, -0.2) is 12.0 Å². The van der Waals surface area contributed by atoms with E-state index in [0.29, 0.717) is 6.04 Å². The fraction of sp³-hybridized carbons (Fsp3) is 0.500. The van der Waals surface area contributed by atoms with Crippen LogP contribution in [0.4, 0.5) is 0 Å². The molecule has 2 aromatic rings. The minimum Gasteiger partial charge on any atom is -0.313 e. The van der Waals surface area contributed by atoms with Gasteiger partial charge in [-0.25, -0.2) is 4.98 Å². The van der Waals surface area contributed by atoms with E-state index in [4.69, 9.17) is 4.98 Å². The molecular formula is C14H19IN2S2. The molecule has 2 rings (SSSR count). The number of hydrogen-bond donors (Lipinski definition) is 1. The first-order valence-corrected chi connectivity index (χ1v) is 9.10. The Morgan fingerprint density at radius 3 is 2.53 bits per heavy atom. The van der Waals surface area contributed by atoms with Crippen molar-refractivity contribution in [3.8, 4) is 0 Å². The molecule has 0 spiro atoms. The zero-order chi connectivity index (χ0) is 14.0. The number of nitrogens with zero attached hydrogens (tertiary/aromatic N) is 1. The number of aromatic nitrogens is 1. The van der Waals surface area contributed by atoms with Crippen molar-refractivity contribution in [3.63, 3.8) is 0 Å². The van der Waals surface area contributed by atoms with E-state index in [2.05, 4.69) is 65.5 Å². The molecule has 19 heavy (non-hydrogen) atoms. The fourth-order valence-electron chi connectivity index (χ4n) is 1.82. The van der Waals surface area contributed by atoms with Crippen molar-refractivity contribution in [3.05, 3.63) is 36.0 Å². The highest BCUT2D eigenvalue weighted by molar-refractivity contribution is 14.1. The lowest BCUT2D eigenvalue weighted by atomic mass is 9.93. The van der Waals surface area contributed by atoms with E-state index in [0.717, 1.165) is 6.42 Å². The Hall–Kier alpha value is 0.0200. The van der Waals surface area contributed by atoms with Gasteiger partial charge in [-0.2, -0.15) is 0 Å². The van der Waals surface area contributed by atoms with Crippen LogP contribution in [0.15, 0.2) is 16.8 Å². The first-order valence-electron chi connectivity index (χ1n) is 6.26. The van der Waals surface area contributed by atoms with Crippen molar-refractivity contribution >= 4 is 45.3 Å². The molecule has 0 saturated carbocycles. The van der Waals surface area contributed by atoms with Gasteiger partial charge in [-0.3, -0.25) is 0 Å². The molecule has 1 N–H and O–H groups in total. The average Bonchev–Trinajstić information content (AvgIpc) is 2.94. The molecule has 5 heteroatoms. The van der Waals surface area contributed by atoms with Crippen LogP contribution in [0.25, 0.3) is 0 Å². The second-order valence-electron chi connectivity index (χ2n) is 5.61. The number of rotatable bonds is 4. The van der Waals surface area contributed by atoms with E-state index in [9.17, 15) is 0 Å². The van der Waals surface area contributed by atoms with Gasteiger partial charge in [-0.15, -0.1) is 22.7 Å². The average molecular weight is 406 g/mol. The number of hydrogen-bond acceptors (Lipinski definition) is 4. The summed E-state index contributed by atoms with van der Waals surface area (Å²) in [5.74, 6) is 0. The van der Waals surface area contributed by atoms with Crippen LogP contribution >= 0.6 is 45.3 Å². The van der Waals surface area contributed by atoms with Crippen molar-refractivity contribution in [2.75, 3.05) is 7.05 Å². The number of thiazole rings is 1. The van der Waals surface area contributed by atoms with Gasteiger partial charge in [0.2, 0.25) is 0 Å². The largest absolute Gasteiger partial charge is 0.313 e. The maximum atomic E-state index is 4.78. The number of nitrogens with one attached hydrogen (secondary N) is 1. The maximum Gasteiger partial charge on any atom is 0.0947 e. The third-order valence-electron chi connectivity index (χ3n) is 3.04. The Bertz CT molecular complexity index is 540. The Morgan fingerprint density at radius 1 is 1.32 bits per heavy atom. The van der Waals surface area contributed by atoms with Gasteiger partial charge in [0.15, 0.2) is 0 Å². The minimum absolute atomic E-state index is 0.141. The van der Waals surface area contributed by atoms with Gasteiger partial charge in [0, 0.05) is 23.3 Å². The SMILES string of the molecule is CNC(Cc1nc(C(C)(C)C)cs1)c1csc(I)c1. The van der Waals surface area contributed by atoms with E-state index < -0.39 is 0 Å². The highest BCUT2D eigenvalue weighted by Crippen LogP contribution is 2.28. The Balaban J connectivity index is 2.13. The first-order chi connectivity index (χ1) is 8.90. The molecule has 0 radical (unpaired) electrons. The maximum absolute atomic E-state index is 4.78. The van der Waals surface area contributed by atoms with E-state index >= 15 is 0 Å². The van der Waals surface area contributed by atoms with Crippen molar-refractivity contribution in [2.24, 2.45) is 0 Å². The minimum atomic E-state index is 0.141. The molecule has 0 aliphatic rings. The standard InChI is InChI=1S/C14H19IN2S2/c1-14(2,3)11-8-19-13(17-11)6-10(16-4)9-5-12(15)18-7-9/h5,7-8,10,16H,6H2,1-4H3. The molecular weight excluding hydrogens is 387 g/mol. The van der Waals surface area contributed by atoms with Crippen molar-refractivity contribution in [2.45, 2.75) is 38.6 Å². The van der Waals surface area contributed by atoms with Crippen LogP contribution in [0.2, 0.25) is 0 Å². The summed E-state index contributed by atoms with van der Waals surface area (Å²) in [4.78, 5) is 4.78. The summed E-state index contributed by atoms with van der Waals surface area (Å²) in [5.41, 5.74) is 2.70. The molecule has 0 amide bonds. The quantitative estimate of drug-likeness (QED) is 0.751. The smallest absolute Gasteiger partial charge is 0.0947 e. The zero-order valence-corrected chi connectivity index (χ0v) is 15.4. The molecule has 1 unspecified atom stereocenters. The molecule has 0 fully saturated rings. The highest BCUT2D eigenvalue weighted by Gasteiger charge is 2.19. The summed E-state index contributed by atoms with van der Waals surface area (Å²) >= 11 is 5.94. The lowest BCUT2D eigenvalue weighted by Crippen LogP contribution is -2.18. The molecule has 0 bridgehead atoms. The summed E-state index contributed by atoms with van der Waals surface area (Å²) in [6.45, 7) is 6.63. The van der Waals surface area contributed by atoms with E-state index in [1.165, 1.54) is 19.1 Å². The van der Waals surface area contributed by atoms with Crippen LogP contribution < -0.4 is 5.32 Å². The summed E-state index contributed by atoms with van der Waals surface area (Å²) in [6.07, 6.45) is 0.962. The van der Waals surface area contributed by atoms with Crippen LogP contribution in [-0.2, 0) is 11.8 Å². The highest BCUT2D eigenvalue weighted by atomic mass is 127. The lowest BCUT2D eigenvalue weighted by Gasteiger charge is -2.15. The van der Waals surface area contributed by atoms with Gasteiger partial charge >= 0.3 is 0 Å². The van der Waals surface area contributed by atoms with Crippen molar-refractivity contribution in [1.29, 1.82) is 0 Å². The predicted molar refractivity (Wildman–Crippen MR) is 93.4 cm³/mol. The van der Waals surface area contributed by atoms with Gasteiger partial charge in [-0.1, -0.05) is 20.8 Å². The molecule has 2 aromatic heterocycles. The summed E-state index contributed by atoms with van der Waals surface area (Å²) in [5, 5.41) is 9.04. The van der Waals surface area contributed by atoms with E-state index in [1.807, 2.05) is 7.05 Å². The van der Waals surface area contributed by atoms with E-state index in [1.54, 1.807) is 22.7 Å². The van der Waals surface area contributed by atoms with Crippen LogP contribution in [0.3, 0.4) is 0 Å². The third kappa shape index (κ3) is 4.00. The number of halogens is 1.